The lowest BCUT2D eigenvalue weighted by molar-refractivity contribution is -0.119. The van der Waals surface area contributed by atoms with Gasteiger partial charge in [-0.05, 0) is 12.1 Å². The molecule has 15 nitrogen and oxygen atoms in total. The van der Waals surface area contributed by atoms with Crippen LogP contribution in [0, 0.1) is 0 Å². The topological polar surface area (TPSA) is 240 Å². The van der Waals surface area contributed by atoms with Crippen molar-refractivity contribution in [3.05, 3.63) is 29.7 Å². The monoisotopic (exact) mass is 494 g/mol. The Hall–Kier alpha value is -3.61. The van der Waals surface area contributed by atoms with Gasteiger partial charge in [0, 0.05) is 5.56 Å². The fourth-order valence-electron chi connectivity index (χ4n) is 2.49. The average Bonchev–Trinajstić information content (AvgIpc) is 3.40. The van der Waals surface area contributed by atoms with E-state index in [0.29, 0.717) is 4.34 Å². The molecule has 172 valence electrons. The summed E-state index contributed by atoms with van der Waals surface area (Å²) in [5.74, 6) is -4.60. The Morgan fingerprint density at radius 2 is 1.82 bits per heavy atom. The number of nitrogens with one attached hydrogen (secondary N) is 1. The second kappa shape index (κ2) is 10.3. The highest BCUT2D eigenvalue weighted by molar-refractivity contribution is 8.01. The molecule has 1 atom stereocenters. The predicted octanol–water partition coefficient (Wildman–Crippen LogP) is -1.54. The summed E-state index contributed by atoms with van der Waals surface area (Å²) in [4.78, 5) is 38.1. The van der Waals surface area contributed by atoms with E-state index < -0.39 is 42.3 Å². The third-order valence-electron chi connectivity index (χ3n) is 3.94. The van der Waals surface area contributed by atoms with Crippen molar-refractivity contribution in [2.75, 3.05) is 11.5 Å². The van der Waals surface area contributed by atoms with Crippen LogP contribution in [0.25, 0.3) is 11.3 Å². The van der Waals surface area contributed by atoms with Crippen LogP contribution in [-0.2, 0) is 11.3 Å². The van der Waals surface area contributed by atoms with Gasteiger partial charge in [-0.25, -0.2) is 14.6 Å². The van der Waals surface area contributed by atoms with Gasteiger partial charge in [-0.1, -0.05) is 28.3 Å². The maximum Gasteiger partial charge on any atom is 0.477 e. The van der Waals surface area contributed by atoms with E-state index in [1.165, 1.54) is 10.9 Å². The Balaban J connectivity index is 1.70. The lowest BCUT2D eigenvalue weighted by Gasteiger charge is -2.17. The number of thioether (sulfide) groups is 1. The summed E-state index contributed by atoms with van der Waals surface area (Å²) in [6.45, 7) is -0.199. The maximum atomic E-state index is 12.2. The molecule has 0 saturated carbocycles. The van der Waals surface area contributed by atoms with Crippen molar-refractivity contribution < 1.29 is 34.6 Å². The number of carbonyl (C=O) groups is 3. The van der Waals surface area contributed by atoms with Crippen LogP contribution < -0.4 is 11.1 Å². The number of hydrogen-bond acceptors (Lipinski definition) is 13. The zero-order valence-corrected chi connectivity index (χ0v) is 18.0. The van der Waals surface area contributed by atoms with Crippen LogP contribution in [0.2, 0.25) is 0 Å². The molecule has 1 amide bonds. The first-order valence-corrected chi connectivity index (χ1v) is 10.7. The lowest BCUT2D eigenvalue weighted by Crippen LogP contribution is -2.49. The summed E-state index contributed by atoms with van der Waals surface area (Å²) in [6, 6.07) is 2.25. The van der Waals surface area contributed by atoms with Gasteiger partial charge in [-0.15, -0.1) is 15.3 Å². The Labute approximate surface area is 192 Å². The molecule has 0 aliphatic carbocycles. The number of carboxylic acid groups (broad SMARTS) is 2. The van der Waals surface area contributed by atoms with Gasteiger partial charge in [0.25, 0.3) is 0 Å². The number of amides is 1. The average molecular weight is 494 g/mol. The summed E-state index contributed by atoms with van der Waals surface area (Å²) in [7, 11) is -1.93. The molecular weight excluding hydrogens is 479 g/mol. The van der Waals surface area contributed by atoms with Gasteiger partial charge in [0.05, 0.1) is 24.4 Å². The summed E-state index contributed by atoms with van der Waals surface area (Å²) >= 11 is 2.17. The van der Waals surface area contributed by atoms with E-state index in [4.69, 9.17) is 15.9 Å². The molecule has 33 heavy (non-hydrogen) atoms. The molecule has 0 saturated heterocycles. The van der Waals surface area contributed by atoms with Gasteiger partial charge in [-0.2, -0.15) is 0 Å². The van der Waals surface area contributed by atoms with E-state index in [1.807, 2.05) is 0 Å². The minimum atomic E-state index is -1.93. The van der Waals surface area contributed by atoms with Gasteiger partial charge < -0.3 is 31.3 Å². The molecule has 0 aromatic carbocycles. The first-order valence-electron chi connectivity index (χ1n) is 8.89. The quantitative estimate of drug-likeness (QED) is 0.138. The smallest absolute Gasteiger partial charge is 0.477 e. The number of nitrogens with two attached hydrogens (primary N) is 1. The second-order valence-electron chi connectivity index (χ2n) is 6.34. The number of aromatic carboxylic acids is 2. The highest BCUT2D eigenvalue weighted by atomic mass is 32.2. The Kier molecular flexibility index (Phi) is 7.54. The summed E-state index contributed by atoms with van der Waals surface area (Å²) in [5, 5.41) is 55.3. The van der Waals surface area contributed by atoms with Crippen molar-refractivity contribution in [2.45, 2.75) is 16.8 Å². The van der Waals surface area contributed by atoms with Crippen LogP contribution >= 0.6 is 23.1 Å². The number of pyridine rings is 1. The van der Waals surface area contributed by atoms with Gasteiger partial charge in [0.1, 0.15) is 17.1 Å². The molecule has 0 bridgehead atoms. The molecular formula is C15H15BN8O7S2. The number of nitrogen functional groups attached to an aromatic ring is 1. The van der Waals surface area contributed by atoms with Crippen LogP contribution in [0.3, 0.4) is 0 Å². The van der Waals surface area contributed by atoms with E-state index in [0.717, 1.165) is 35.2 Å². The molecule has 0 aliphatic rings. The van der Waals surface area contributed by atoms with Crippen LogP contribution in [0.1, 0.15) is 21.0 Å². The highest BCUT2D eigenvalue weighted by Crippen LogP contribution is 2.23. The second-order valence-corrected chi connectivity index (χ2v) is 8.58. The maximum absolute atomic E-state index is 12.2. The zero-order chi connectivity index (χ0) is 24.1. The molecule has 3 heterocycles. The number of hydrogen-bond donors (Lipinski definition) is 6. The van der Waals surface area contributed by atoms with Gasteiger partial charge in [-0.3, -0.25) is 9.48 Å². The van der Waals surface area contributed by atoms with Gasteiger partial charge >= 0.3 is 19.1 Å². The fourth-order valence-corrected chi connectivity index (χ4v) is 3.94. The SMILES string of the molecule is Nc1nnc(SCC(=O)NC(Cn2cc(-c3cc(C(=O)O)nc(C(=O)O)c3)nn2)B(O)O)s1. The van der Waals surface area contributed by atoms with E-state index in [2.05, 4.69) is 30.8 Å². The predicted molar refractivity (Wildman–Crippen MR) is 114 cm³/mol. The lowest BCUT2D eigenvalue weighted by atomic mass is 9.79. The van der Waals surface area contributed by atoms with Crippen LogP contribution in [-0.4, -0.2) is 87.1 Å². The molecule has 3 aromatic heterocycles. The number of anilines is 1. The first kappa shape index (κ1) is 24.0. The standard InChI is InChI=1S/C15H15BN8O7S2/c17-14-21-22-15(33-14)32-5-11(25)19-10(16(30)31)4-24-3-9(20-23-24)6-1-7(12(26)27)18-8(2-6)13(28)29/h1-3,10,30-31H,4-5H2,(H2,17,21)(H,19,25)(H,26,27)(H,28,29). The largest absolute Gasteiger partial charge is 0.477 e. The van der Waals surface area contributed by atoms with Gasteiger partial charge in [0.2, 0.25) is 11.0 Å². The molecule has 0 fully saturated rings. The number of rotatable bonds is 10. The normalized spacial score (nSPS) is 11.7. The Morgan fingerprint density at radius 3 is 2.36 bits per heavy atom. The van der Waals surface area contributed by atoms with E-state index >= 15 is 0 Å². The molecule has 18 heteroatoms. The van der Waals surface area contributed by atoms with Gasteiger partial charge in [0.15, 0.2) is 4.34 Å². The summed E-state index contributed by atoms with van der Waals surface area (Å²) < 4.78 is 1.66. The van der Waals surface area contributed by atoms with Crippen LogP contribution in [0.4, 0.5) is 5.13 Å². The van der Waals surface area contributed by atoms with E-state index in [1.54, 1.807) is 0 Å². The Morgan fingerprint density at radius 1 is 1.15 bits per heavy atom. The number of carbonyl (C=O) groups excluding carboxylic acids is 1. The van der Waals surface area contributed by atoms with Crippen molar-refractivity contribution in [3.63, 3.8) is 0 Å². The fraction of sp³-hybridized carbons (Fsp3) is 0.200. The molecule has 1 unspecified atom stereocenters. The van der Waals surface area contributed by atoms with Crippen LogP contribution in [0.15, 0.2) is 22.7 Å². The summed E-state index contributed by atoms with van der Waals surface area (Å²) in [6.07, 6.45) is 1.33. The zero-order valence-electron chi connectivity index (χ0n) is 16.4. The molecule has 3 rings (SSSR count). The molecule has 0 aliphatic heterocycles. The number of aromatic nitrogens is 6. The van der Waals surface area contributed by atoms with Crippen molar-refractivity contribution in [1.29, 1.82) is 0 Å². The number of carboxylic acids is 2. The molecule has 0 spiro atoms. The van der Waals surface area contributed by atoms with E-state index in [-0.39, 0.29) is 28.7 Å². The molecule has 7 N–H and O–H groups in total. The molecule has 3 aromatic rings. The molecule has 0 radical (unpaired) electrons. The first-order chi connectivity index (χ1) is 15.6. The van der Waals surface area contributed by atoms with Crippen molar-refractivity contribution in [2.24, 2.45) is 0 Å². The van der Waals surface area contributed by atoms with Crippen LogP contribution in [0.5, 0.6) is 0 Å². The third kappa shape index (κ3) is 6.45. The highest BCUT2D eigenvalue weighted by Gasteiger charge is 2.27. The number of nitrogens with zero attached hydrogens (tertiary/aromatic N) is 6. The van der Waals surface area contributed by atoms with E-state index in [9.17, 15) is 24.4 Å². The Bertz CT molecular complexity index is 1150. The van der Waals surface area contributed by atoms with Crippen molar-refractivity contribution in [3.8, 4) is 11.3 Å². The summed E-state index contributed by atoms with van der Waals surface area (Å²) in [5.41, 5.74) is 4.72. The van der Waals surface area contributed by atoms with Crippen molar-refractivity contribution >= 4 is 53.2 Å². The van der Waals surface area contributed by atoms with Crippen molar-refractivity contribution in [1.82, 2.24) is 35.5 Å². The minimum Gasteiger partial charge on any atom is -0.477 e. The third-order valence-corrected chi connectivity index (χ3v) is 5.82. The minimum absolute atomic E-state index is 0.0760.